The van der Waals surface area contributed by atoms with E-state index >= 15 is 0 Å². The minimum Gasteiger partial charge on any atom is -0.381 e. The van der Waals surface area contributed by atoms with Gasteiger partial charge in [-0.1, -0.05) is 17.4 Å². The van der Waals surface area contributed by atoms with Gasteiger partial charge in [0.2, 0.25) is 5.95 Å². The minimum atomic E-state index is 0.228. The van der Waals surface area contributed by atoms with E-state index in [0.717, 1.165) is 66.0 Å². The first-order chi connectivity index (χ1) is 14.7. The van der Waals surface area contributed by atoms with E-state index in [1.807, 2.05) is 16.9 Å². The molecule has 2 aromatic heterocycles. The van der Waals surface area contributed by atoms with E-state index in [2.05, 4.69) is 58.0 Å². The zero-order valence-electron chi connectivity index (χ0n) is 17.4. The van der Waals surface area contributed by atoms with Crippen molar-refractivity contribution in [1.29, 1.82) is 0 Å². The molecule has 156 valence electrons. The maximum atomic E-state index is 5.45. The van der Waals surface area contributed by atoms with Gasteiger partial charge in [0, 0.05) is 50.1 Å². The van der Waals surface area contributed by atoms with Gasteiger partial charge in [0.05, 0.1) is 11.2 Å². The van der Waals surface area contributed by atoms with Gasteiger partial charge < -0.3 is 15.4 Å². The Kier molecular flexibility index (Phi) is 5.18. The number of hydrogen-bond donors (Lipinski definition) is 2. The molecule has 1 fully saturated rings. The molecule has 0 spiro atoms. The van der Waals surface area contributed by atoms with Gasteiger partial charge in [0.25, 0.3) is 0 Å². The Labute approximate surface area is 175 Å². The molecule has 0 aliphatic carbocycles. The average Bonchev–Trinajstić information content (AvgIpc) is 3.11. The average molecular weight is 406 g/mol. The summed E-state index contributed by atoms with van der Waals surface area (Å²) in [6.45, 7) is 7.32. The van der Waals surface area contributed by atoms with Crippen LogP contribution in [0.25, 0.3) is 16.6 Å². The molecule has 0 bridgehead atoms. The Morgan fingerprint density at radius 2 is 2.13 bits per heavy atom. The summed E-state index contributed by atoms with van der Waals surface area (Å²) in [6, 6.07) is 6.91. The van der Waals surface area contributed by atoms with Gasteiger partial charge in [-0.2, -0.15) is 0 Å². The standard InChI is InChI=1S/C22H27N7O/c1-3-29-21-11-15(4-5-19(21)27-28-29)17-10-14(2)23-13-20-18(17)12-24-22(26-20)25-16-6-8-30-9-7-16/h4-5,10-12,14,16,23H,3,6-9,13H2,1-2H3,(H,24,25,26)/t14-/m1/s1. The van der Waals surface area contributed by atoms with Gasteiger partial charge in [-0.3, -0.25) is 0 Å². The number of nitrogens with one attached hydrogen (secondary N) is 2. The van der Waals surface area contributed by atoms with Crippen molar-refractivity contribution in [2.75, 3.05) is 18.5 Å². The van der Waals surface area contributed by atoms with E-state index in [1.54, 1.807) is 0 Å². The quantitative estimate of drug-likeness (QED) is 0.690. The highest BCUT2D eigenvalue weighted by Gasteiger charge is 2.21. The second-order valence-electron chi connectivity index (χ2n) is 7.94. The Morgan fingerprint density at radius 3 is 2.97 bits per heavy atom. The number of fused-ring (bicyclic) bond motifs is 2. The molecule has 4 heterocycles. The lowest BCUT2D eigenvalue weighted by atomic mass is 9.96. The molecule has 0 amide bonds. The largest absolute Gasteiger partial charge is 0.381 e. The molecular formula is C22H27N7O. The summed E-state index contributed by atoms with van der Waals surface area (Å²) in [5.41, 5.74) is 6.31. The summed E-state index contributed by atoms with van der Waals surface area (Å²) >= 11 is 0. The summed E-state index contributed by atoms with van der Waals surface area (Å²) in [4.78, 5) is 9.52. The number of hydrogen-bond acceptors (Lipinski definition) is 7. The SMILES string of the molecule is CCn1nnc2ccc(C3=C[C@@H](C)NCc4nc(NC5CCOCC5)ncc43)cc21. The molecule has 2 aliphatic heterocycles. The summed E-state index contributed by atoms with van der Waals surface area (Å²) < 4.78 is 7.38. The van der Waals surface area contributed by atoms with Crippen LogP contribution < -0.4 is 10.6 Å². The summed E-state index contributed by atoms with van der Waals surface area (Å²) in [5.74, 6) is 0.695. The third-order valence-electron chi connectivity index (χ3n) is 5.84. The zero-order valence-corrected chi connectivity index (χ0v) is 17.4. The van der Waals surface area contributed by atoms with Gasteiger partial charge >= 0.3 is 0 Å². The first-order valence-electron chi connectivity index (χ1n) is 10.7. The Balaban J connectivity index is 1.51. The van der Waals surface area contributed by atoms with Crippen molar-refractivity contribution in [2.24, 2.45) is 0 Å². The van der Waals surface area contributed by atoms with Crippen LogP contribution in [0.3, 0.4) is 0 Å². The van der Waals surface area contributed by atoms with Crippen LogP contribution in [0.1, 0.15) is 43.5 Å². The molecule has 8 heteroatoms. The van der Waals surface area contributed by atoms with Gasteiger partial charge in [0.15, 0.2) is 0 Å². The van der Waals surface area contributed by atoms with E-state index in [9.17, 15) is 0 Å². The number of ether oxygens (including phenoxy) is 1. The fourth-order valence-corrected chi connectivity index (χ4v) is 4.15. The lowest BCUT2D eigenvalue weighted by molar-refractivity contribution is 0.0903. The van der Waals surface area contributed by atoms with Crippen molar-refractivity contribution >= 4 is 22.6 Å². The van der Waals surface area contributed by atoms with Crippen molar-refractivity contribution in [3.05, 3.63) is 47.3 Å². The highest BCUT2D eigenvalue weighted by molar-refractivity contribution is 5.87. The molecule has 0 saturated carbocycles. The van der Waals surface area contributed by atoms with Crippen molar-refractivity contribution in [1.82, 2.24) is 30.3 Å². The molecular weight excluding hydrogens is 378 g/mol. The van der Waals surface area contributed by atoms with Gasteiger partial charge in [-0.15, -0.1) is 5.10 Å². The monoisotopic (exact) mass is 405 g/mol. The maximum Gasteiger partial charge on any atom is 0.223 e. The Morgan fingerprint density at radius 1 is 1.27 bits per heavy atom. The third kappa shape index (κ3) is 3.68. The van der Waals surface area contributed by atoms with Gasteiger partial charge in [-0.25, -0.2) is 14.6 Å². The number of rotatable bonds is 4. The number of aromatic nitrogens is 5. The first-order valence-corrected chi connectivity index (χ1v) is 10.7. The molecule has 1 atom stereocenters. The van der Waals surface area contributed by atoms with Crippen molar-refractivity contribution in [3.8, 4) is 0 Å². The van der Waals surface area contributed by atoms with Crippen molar-refractivity contribution < 1.29 is 4.74 Å². The summed E-state index contributed by atoms with van der Waals surface area (Å²) in [5, 5.41) is 15.5. The van der Waals surface area contributed by atoms with E-state index < -0.39 is 0 Å². The molecule has 0 unspecified atom stereocenters. The fourth-order valence-electron chi connectivity index (χ4n) is 4.15. The van der Waals surface area contributed by atoms with Crippen molar-refractivity contribution in [3.63, 3.8) is 0 Å². The normalized spacial score (nSPS) is 19.9. The minimum absolute atomic E-state index is 0.228. The van der Waals surface area contributed by atoms with Crippen LogP contribution in [0.2, 0.25) is 0 Å². The fraction of sp³-hybridized carbons (Fsp3) is 0.455. The number of aryl methyl sites for hydroxylation is 1. The van der Waals surface area contributed by atoms with E-state index in [1.165, 1.54) is 0 Å². The smallest absolute Gasteiger partial charge is 0.223 e. The number of anilines is 1. The third-order valence-corrected chi connectivity index (χ3v) is 5.84. The Hall–Kier alpha value is -2.84. The second kappa shape index (κ2) is 8.12. The molecule has 8 nitrogen and oxygen atoms in total. The molecule has 1 saturated heterocycles. The van der Waals surface area contributed by atoms with E-state index in [-0.39, 0.29) is 6.04 Å². The predicted molar refractivity (Wildman–Crippen MR) is 116 cm³/mol. The molecule has 3 aromatic rings. The molecule has 2 aliphatic rings. The lowest BCUT2D eigenvalue weighted by Crippen LogP contribution is -2.29. The highest BCUT2D eigenvalue weighted by atomic mass is 16.5. The van der Waals surface area contributed by atoms with Crippen LogP contribution in [-0.2, 0) is 17.8 Å². The van der Waals surface area contributed by atoms with Gasteiger partial charge in [0.1, 0.15) is 5.52 Å². The van der Waals surface area contributed by atoms with Crippen LogP contribution in [-0.4, -0.2) is 50.3 Å². The molecule has 0 radical (unpaired) electrons. The second-order valence-corrected chi connectivity index (χ2v) is 7.94. The van der Waals surface area contributed by atoms with Crippen LogP contribution in [0.15, 0.2) is 30.5 Å². The van der Waals surface area contributed by atoms with Crippen LogP contribution >= 0.6 is 0 Å². The van der Waals surface area contributed by atoms with E-state index in [0.29, 0.717) is 18.5 Å². The predicted octanol–water partition coefficient (Wildman–Crippen LogP) is 2.76. The first kappa shape index (κ1) is 19.1. The zero-order chi connectivity index (χ0) is 20.5. The summed E-state index contributed by atoms with van der Waals surface area (Å²) in [6.07, 6.45) is 6.18. The van der Waals surface area contributed by atoms with E-state index in [4.69, 9.17) is 9.72 Å². The number of benzene rings is 1. The molecule has 30 heavy (non-hydrogen) atoms. The van der Waals surface area contributed by atoms with Gasteiger partial charge in [-0.05, 0) is 50.0 Å². The molecule has 5 rings (SSSR count). The van der Waals surface area contributed by atoms with Crippen LogP contribution in [0.4, 0.5) is 5.95 Å². The van der Waals surface area contributed by atoms with Crippen LogP contribution in [0, 0.1) is 0 Å². The molecule has 1 aromatic carbocycles. The van der Waals surface area contributed by atoms with Crippen molar-refractivity contribution in [2.45, 2.75) is 51.9 Å². The summed E-state index contributed by atoms with van der Waals surface area (Å²) in [7, 11) is 0. The maximum absolute atomic E-state index is 5.45. The Bertz CT molecular complexity index is 1080. The topological polar surface area (TPSA) is 89.8 Å². The highest BCUT2D eigenvalue weighted by Crippen LogP contribution is 2.30. The van der Waals surface area contributed by atoms with Crippen LogP contribution in [0.5, 0.6) is 0 Å². The number of nitrogens with zero attached hydrogens (tertiary/aromatic N) is 5. The lowest BCUT2D eigenvalue weighted by Gasteiger charge is -2.23. The molecule has 2 N–H and O–H groups in total.